The van der Waals surface area contributed by atoms with Crippen molar-refractivity contribution in [1.29, 1.82) is 0 Å². The van der Waals surface area contributed by atoms with Crippen molar-refractivity contribution in [2.45, 2.75) is 19.4 Å². The van der Waals surface area contributed by atoms with E-state index in [0.717, 1.165) is 5.56 Å². The van der Waals surface area contributed by atoms with Gasteiger partial charge in [-0.05, 0) is 12.5 Å². The first kappa shape index (κ1) is 12.7. The largest absolute Gasteiger partial charge is 0.339 e. The average Bonchev–Trinajstić information content (AvgIpc) is 2.82. The second-order valence-electron chi connectivity index (χ2n) is 4.93. The van der Waals surface area contributed by atoms with Gasteiger partial charge in [-0.3, -0.25) is 0 Å². The molecule has 0 saturated carbocycles. The van der Waals surface area contributed by atoms with E-state index in [4.69, 9.17) is 4.52 Å². The zero-order chi connectivity index (χ0) is 13.9. The zero-order valence-electron chi connectivity index (χ0n) is 11.2. The van der Waals surface area contributed by atoms with Gasteiger partial charge in [-0.15, -0.1) is 0 Å². The summed E-state index contributed by atoms with van der Waals surface area (Å²) in [6.07, 6.45) is 0. The lowest BCUT2D eigenvalue weighted by Gasteiger charge is -2.36. The minimum atomic E-state index is -0.0543. The topological polar surface area (TPSA) is 71.3 Å². The van der Waals surface area contributed by atoms with E-state index in [-0.39, 0.29) is 11.9 Å². The van der Waals surface area contributed by atoms with Crippen molar-refractivity contribution in [2.75, 3.05) is 13.1 Å². The number of carbonyl (C=O) groups excluding carboxylic acids is 1. The van der Waals surface area contributed by atoms with Crippen LogP contribution in [0, 0.1) is 6.92 Å². The average molecular weight is 272 g/mol. The third kappa shape index (κ3) is 2.64. The van der Waals surface area contributed by atoms with E-state index in [1.807, 2.05) is 30.3 Å². The Bertz CT molecular complexity index is 590. The molecule has 2 aromatic rings. The molecule has 1 aromatic heterocycles. The third-order valence-electron chi connectivity index (χ3n) is 3.35. The standard InChI is InChI=1S/C14H16N4O2/c1-10-16-13(20-17-10)12-8-18(9-12)14(19)15-7-11-5-3-2-4-6-11/h2-6,12H,7-9H2,1H3,(H,15,19). The molecule has 0 bridgehead atoms. The molecule has 0 radical (unpaired) electrons. The third-order valence-corrected chi connectivity index (χ3v) is 3.35. The lowest BCUT2D eigenvalue weighted by Crippen LogP contribution is -2.52. The molecule has 6 heteroatoms. The summed E-state index contributed by atoms with van der Waals surface area (Å²) in [6, 6.07) is 9.79. The van der Waals surface area contributed by atoms with Crippen LogP contribution in [0.4, 0.5) is 4.79 Å². The van der Waals surface area contributed by atoms with Crippen LogP contribution in [0.3, 0.4) is 0 Å². The number of aromatic nitrogens is 2. The monoisotopic (exact) mass is 272 g/mol. The van der Waals surface area contributed by atoms with E-state index in [2.05, 4.69) is 15.5 Å². The summed E-state index contributed by atoms with van der Waals surface area (Å²) in [6.45, 7) is 3.58. The van der Waals surface area contributed by atoms with Crippen molar-refractivity contribution in [3.8, 4) is 0 Å². The van der Waals surface area contributed by atoms with Crippen LogP contribution >= 0.6 is 0 Å². The van der Waals surface area contributed by atoms with E-state index >= 15 is 0 Å². The van der Waals surface area contributed by atoms with Crippen LogP contribution in [0.15, 0.2) is 34.9 Å². The number of nitrogens with zero attached hydrogens (tertiary/aromatic N) is 3. The quantitative estimate of drug-likeness (QED) is 0.923. The SMILES string of the molecule is Cc1noc(C2CN(C(=O)NCc3ccccc3)C2)n1. The summed E-state index contributed by atoms with van der Waals surface area (Å²) < 4.78 is 5.11. The molecule has 1 aliphatic rings. The Labute approximate surface area is 116 Å². The van der Waals surface area contributed by atoms with E-state index in [1.165, 1.54) is 0 Å². The number of hydrogen-bond acceptors (Lipinski definition) is 4. The number of amides is 2. The summed E-state index contributed by atoms with van der Waals surface area (Å²) in [5, 5.41) is 6.66. The van der Waals surface area contributed by atoms with Gasteiger partial charge in [-0.25, -0.2) is 4.79 Å². The van der Waals surface area contributed by atoms with Crippen molar-refractivity contribution < 1.29 is 9.32 Å². The molecule has 6 nitrogen and oxygen atoms in total. The highest BCUT2D eigenvalue weighted by Crippen LogP contribution is 2.25. The van der Waals surface area contributed by atoms with Crippen LogP contribution in [-0.4, -0.2) is 34.2 Å². The van der Waals surface area contributed by atoms with Crippen molar-refractivity contribution in [3.63, 3.8) is 0 Å². The second-order valence-corrected chi connectivity index (χ2v) is 4.93. The fraction of sp³-hybridized carbons (Fsp3) is 0.357. The van der Waals surface area contributed by atoms with Crippen LogP contribution in [0.2, 0.25) is 0 Å². The van der Waals surface area contributed by atoms with Crippen LogP contribution in [0.1, 0.15) is 23.2 Å². The van der Waals surface area contributed by atoms with Gasteiger partial charge in [0.2, 0.25) is 5.89 Å². The molecule has 2 heterocycles. The van der Waals surface area contributed by atoms with Crippen LogP contribution < -0.4 is 5.32 Å². The molecule has 1 aromatic carbocycles. The first-order valence-electron chi connectivity index (χ1n) is 6.59. The molecule has 104 valence electrons. The molecule has 3 rings (SSSR count). The summed E-state index contributed by atoms with van der Waals surface area (Å²) in [7, 11) is 0. The maximum absolute atomic E-state index is 11.9. The summed E-state index contributed by atoms with van der Waals surface area (Å²) in [5.74, 6) is 1.42. The number of carbonyl (C=O) groups is 1. The number of aryl methyl sites for hydroxylation is 1. The fourth-order valence-electron chi connectivity index (χ4n) is 2.16. The minimum absolute atomic E-state index is 0.0543. The van der Waals surface area contributed by atoms with Crippen molar-refractivity contribution in [1.82, 2.24) is 20.4 Å². The first-order valence-corrected chi connectivity index (χ1v) is 6.59. The van der Waals surface area contributed by atoms with E-state index < -0.39 is 0 Å². The first-order chi connectivity index (χ1) is 9.72. The van der Waals surface area contributed by atoms with Gasteiger partial charge in [-0.2, -0.15) is 4.98 Å². The van der Waals surface area contributed by atoms with Gasteiger partial charge in [0.1, 0.15) is 0 Å². The number of nitrogens with one attached hydrogen (secondary N) is 1. The fourth-order valence-corrected chi connectivity index (χ4v) is 2.16. The molecule has 1 saturated heterocycles. The normalized spacial score (nSPS) is 14.9. The predicted octanol–water partition coefficient (Wildman–Crippen LogP) is 1.69. The number of hydrogen-bond donors (Lipinski definition) is 1. The Morgan fingerprint density at radius 3 is 2.80 bits per heavy atom. The Kier molecular flexibility index (Phi) is 3.37. The number of benzene rings is 1. The van der Waals surface area contributed by atoms with Gasteiger partial charge in [0.15, 0.2) is 5.82 Å². The molecule has 1 aliphatic heterocycles. The molecule has 0 unspecified atom stereocenters. The molecule has 2 amide bonds. The van der Waals surface area contributed by atoms with Gasteiger partial charge in [0, 0.05) is 19.6 Å². The van der Waals surface area contributed by atoms with E-state index in [9.17, 15) is 4.79 Å². The number of rotatable bonds is 3. The lowest BCUT2D eigenvalue weighted by atomic mass is 10.0. The highest BCUT2D eigenvalue weighted by atomic mass is 16.5. The minimum Gasteiger partial charge on any atom is -0.339 e. The molecule has 1 fully saturated rings. The van der Waals surface area contributed by atoms with Crippen LogP contribution in [0.25, 0.3) is 0 Å². The van der Waals surface area contributed by atoms with Crippen molar-refractivity contribution >= 4 is 6.03 Å². The van der Waals surface area contributed by atoms with E-state index in [1.54, 1.807) is 11.8 Å². The van der Waals surface area contributed by atoms with Gasteiger partial charge >= 0.3 is 6.03 Å². The molecule has 0 atom stereocenters. The summed E-state index contributed by atoms with van der Waals surface area (Å²) in [4.78, 5) is 17.9. The number of likely N-dealkylation sites (tertiary alicyclic amines) is 1. The van der Waals surface area contributed by atoms with Gasteiger partial charge in [0.05, 0.1) is 5.92 Å². The Morgan fingerprint density at radius 2 is 2.15 bits per heavy atom. The van der Waals surface area contributed by atoms with Crippen LogP contribution in [-0.2, 0) is 6.54 Å². The molecule has 20 heavy (non-hydrogen) atoms. The molecular formula is C14H16N4O2. The van der Waals surface area contributed by atoms with Crippen LogP contribution in [0.5, 0.6) is 0 Å². The molecule has 1 N–H and O–H groups in total. The zero-order valence-corrected chi connectivity index (χ0v) is 11.2. The maximum Gasteiger partial charge on any atom is 0.317 e. The molecule has 0 spiro atoms. The second kappa shape index (κ2) is 5.32. The Morgan fingerprint density at radius 1 is 1.40 bits per heavy atom. The van der Waals surface area contributed by atoms with Gasteiger partial charge in [0.25, 0.3) is 0 Å². The Hall–Kier alpha value is -2.37. The predicted molar refractivity (Wildman–Crippen MR) is 72.0 cm³/mol. The smallest absolute Gasteiger partial charge is 0.317 e. The van der Waals surface area contributed by atoms with Crippen molar-refractivity contribution in [2.24, 2.45) is 0 Å². The van der Waals surface area contributed by atoms with Crippen molar-refractivity contribution in [3.05, 3.63) is 47.6 Å². The van der Waals surface area contributed by atoms with Gasteiger partial charge in [-0.1, -0.05) is 35.5 Å². The lowest BCUT2D eigenvalue weighted by molar-refractivity contribution is 0.136. The maximum atomic E-state index is 11.9. The Balaban J connectivity index is 1.46. The van der Waals surface area contributed by atoms with E-state index in [0.29, 0.717) is 31.3 Å². The highest BCUT2D eigenvalue weighted by Gasteiger charge is 2.35. The summed E-state index contributed by atoms with van der Waals surface area (Å²) in [5.41, 5.74) is 1.09. The molecular weight excluding hydrogens is 256 g/mol. The van der Waals surface area contributed by atoms with Gasteiger partial charge < -0.3 is 14.7 Å². The molecule has 0 aliphatic carbocycles. The summed E-state index contributed by atoms with van der Waals surface area (Å²) >= 11 is 0. The number of urea groups is 1. The highest BCUT2D eigenvalue weighted by molar-refractivity contribution is 5.75.